The highest BCUT2D eigenvalue weighted by Gasteiger charge is 2.30. The van der Waals surface area contributed by atoms with E-state index in [2.05, 4.69) is 30.6 Å². The Morgan fingerprint density at radius 3 is 2.58 bits per heavy atom. The Hall–Kier alpha value is -5.06. The molecule has 0 spiro atoms. The van der Waals surface area contributed by atoms with Crippen molar-refractivity contribution < 1.29 is 18.0 Å². The van der Waals surface area contributed by atoms with Crippen LogP contribution in [-0.2, 0) is 6.18 Å². The number of imidazole rings is 1. The van der Waals surface area contributed by atoms with E-state index in [0.29, 0.717) is 22.7 Å². The second kappa shape index (κ2) is 10.1. The SMILES string of the molecule is Cc1ccc(NC(=O)c2cccc(C(F)(F)F)c2)cc1C=Cn1cnc2c(Nc3ccncc3)ncnc21. The first-order valence-corrected chi connectivity index (χ1v) is 11.4. The molecule has 0 saturated heterocycles. The molecule has 38 heavy (non-hydrogen) atoms. The second-order valence-electron chi connectivity index (χ2n) is 8.33. The number of carbonyl (C=O) groups is 1. The number of aromatic nitrogens is 5. The second-order valence-corrected chi connectivity index (χ2v) is 8.33. The van der Waals surface area contributed by atoms with E-state index >= 15 is 0 Å². The minimum atomic E-state index is -4.53. The van der Waals surface area contributed by atoms with Crippen molar-refractivity contribution in [2.45, 2.75) is 13.1 Å². The molecule has 11 heteroatoms. The van der Waals surface area contributed by atoms with Crippen LogP contribution in [0.3, 0.4) is 0 Å². The minimum Gasteiger partial charge on any atom is -0.338 e. The number of hydrogen-bond donors (Lipinski definition) is 2. The summed E-state index contributed by atoms with van der Waals surface area (Å²) in [7, 11) is 0. The van der Waals surface area contributed by atoms with Gasteiger partial charge < -0.3 is 10.6 Å². The van der Waals surface area contributed by atoms with Gasteiger partial charge in [0, 0.05) is 35.5 Å². The maximum absolute atomic E-state index is 13.0. The lowest BCUT2D eigenvalue weighted by atomic mass is 10.1. The van der Waals surface area contributed by atoms with Crippen LogP contribution in [0, 0.1) is 6.92 Å². The van der Waals surface area contributed by atoms with Gasteiger partial charge in [0.1, 0.15) is 12.7 Å². The number of hydrogen-bond acceptors (Lipinski definition) is 6. The molecule has 0 bridgehead atoms. The zero-order valence-electron chi connectivity index (χ0n) is 19.9. The Morgan fingerprint density at radius 2 is 1.79 bits per heavy atom. The Bertz CT molecular complexity index is 1650. The van der Waals surface area contributed by atoms with Crippen molar-refractivity contribution in [3.63, 3.8) is 0 Å². The van der Waals surface area contributed by atoms with Gasteiger partial charge in [-0.3, -0.25) is 14.3 Å². The summed E-state index contributed by atoms with van der Waals surface area (Å²) < 4.78 is 40.8. The number of rotatable bonds is 6. The van der Waals surface area contributed by atoms with E-state index in [4.69, 9.17) is 0 Å². The van der Waals surface area contributed by atoms with Gasteiger partial charge in [-0.1, -0.05) is 12.1 Å². The number of amides is 1. The molecule has 190 valence electrons. The molecule has 1 amide bonds. The lowest BCUT2D eigenvalue weighted by molar-refractivity contribution is -0.137. The van der Waals surface area contributed by atoms with E-state index in [9.17, 15) is 18.0 Å². The first-order chi connectivity index (χ1) is 18.3. The predicted molar refractivity (Wildman–Crippen MR) is 139 cm³/mol. The van der Waals surface area contributed by atoms with Crippen LogP contribution in [0.4, 0.5) is 30.4 Å². The average molecular weight is 515 g/mol. The fourth-order valence-corrected chi connectivity index (χ4v) is 3.72. The quantitative estimate of drug-likeness (QED) is 0.281. The van der Waals surface area contributed by atoms with Gasteiger partial charge in [0.15, 0.2) is 17.0 Å². The third-order valence-corrected chi connectivity index (χ3v) is 5.71. The number of aryl methyl sites for hydroxylation is 1. The fraction of sp³-hybridized carbons (Fsp3) is 0.0741. The Kier molecular flexibility index (Phi) is 6.56. The standard InChI is InChI=1S/C27H20F3N7O/c1-17-5-6-22(36-26(38)19-3-2-4-20(13-19)27(28,29)30)14-18(17)9-12-37-16-34-23-24(32-15-33-25(23)37)35-21-7-10-31-11-8-21/h2-16H,1H3,(H,36,38)(H,31,32,33,35). The lowest BCUT2D eigenvalue weighted by Crippen LogP contribution is -2.14. The third kappa shape index (κ3) is 5.36. The van der Waals surface area contributed by atoms with Gasteiger partial charge in [0.2, 0.25) is 0 Å². The fourth-order valence-electron chi connectivity index (χ4n) is 3.72. The van der Waals surface area contributed by atoms with Crippen molar-refractivity contribution in [2.24, 2.45) is 0 Å². The molecule has 8 nitrogen and oxygen atoms in total. The molecule has 3 aromatic heterocycles. The van der Waals surface area contributed by atoms with Crippen molar-refractivity contribution in [3.05, 3.63) is 102 Å². The van der Waals surface area contributed by atoms with Gasteiger partial charge in [0.05, 0.1) is 5.56 Å². The van der Waals surface area contributed by atoms with Crippen LogP contribution in [0.1, 0.15) is 27.0 Å². The van der Waals surface area contributed by atoms with Gasteiger partial charge in [-0.2, -0.15) is 13.2 Å². The van der Waals surface area contributed by atoms with Gasteiger partial charge in [-0.15, -0.1) is 0 Å². The molecule has 3 heterocycles. The Balaban J connectivity index is 1.36. The number of nitrogens with zero attached hydrogens (tertiary/aromatic N) is 5. The lowest BCUT2D eigenvalue weighted by Gasteiger charge is -2.10. The van der Waals surface area contributed by atoms with Gasteiger partial charge >= 0.3 is 6.18 Å². The van der Waals surface area contributed by atoms with Crippen LogP contribution in [0.25, 0.3) is 23.4 Å². The highest BCUT2D eigenvalue weighted by molar-refractivity contribution is 6.04. The maximum Gasteiger partial charge on any atom is 0.416 e. The predicted octanol–water partition coefficient (Wildman–Crippen LogP) is 6.17. The van der Waals surface area contributed by atoms with E-state index in [1.165, 1.54) is 18.5 Å². The summed E-state index contributed by atoms with van der Waals surface area (Å²) in [5.74, 6) is -0.0924. The van der Waals surface area contributed by atoms with Crippen LogP contribution in [0.5, 0.6) is 0 Å². The molecule has 0 unspecified atom stereocenters. The summed E-state index contributed by atoms with van der Waals surface area (Å²) in [4.78, 5) is 29.7. The van der Waals surface area contributed by atoms with Crippen LogP contribution in [-0.4, -0.2) is 30.4 Å². The van der Waals surface area contributed by atoms with Crippen molar-refractivity contribution in [2.75, 3.05) is 10.6 Å². The van der Waals surface area contributed by atoms with Gasteiger partial charge in [-0.05, 0) is 66.6 Å². The molecule has 0 aliphatic rings. The monoisotopic (exact) mass is 515 g/mol. The average Bonchev–Trinajstić information content (AvgIpc) is 3.33. The Labute approximate surface area is 214 Å². The summed E-state index contributed by atoms with van der Waals surface area (Å²) in [5, 5.41) is 5.87. The van der Waals surface area contributed by atoms with Gasteiger partial charge in [0.25, 0.3) is 5.91 Å². The number of carbonyl (C=O) groups excluding carboxylic acids is 1. The zero-order valence-corrected chi connectivity index (χ0v) is 19.9. The number of fused-ring (bicyclic) bond motifs is 1. The molecule has 0 aliphatic carbocycles. The van der Waals surface area contributed by atoms with Crippen molar-refractivity contribution in [1.82, 2.24) is 24.5 Å². The molecule has 5 rings (SSSR count). The summed E-state index contributed by atoms with van der Waals surface area (Å²) in [5.41, 5.74) is 3.16. The molecular formula is C27H20F3N7O. The molecule has 5 aromatic rings. The van der Waals surface area contributed by atoms with E-state index in [-0.39, 0.29) is 5.56 Å². The van der Waals surface area contributed by atoms with E-state index in [1.807, 2.05) is 31.2 Å². The number of pyridine rings is 1. The highest BCUT2D eigenvalue weighted by atomic mass is 19.4. The number of alkyl halides is 3. The summed E-state index contributed by atoms with van der Waals surface area (Å²) in [6.07, 6.45) is 5.46. The van der Waals surface area contributed by atoms with Crippen molar-refractivity contribution in [1.29, 1.82) is 0 Å². The normalized spacial score (nSPS) is 11.7. The molecule has 0 fully saturated rings. The molecule has 2 aromatic carbocycles. The summed E-state index contributed by atoms with van der Waals surface area (Å²) in [6.45, 7) is 1.91. The maximum atomic E-state index is 13.0. The van der Waals surface area contributed by atoms with E-state index < -0.39 is 17.6 Å². The van der Waals surface area contributed by atoms with Crippen LogP contribution in [0.2, 0.25) is 0 Å². The summed E-state index contributed by atoms with van der Waals surface area (Å²) >= 11 is 0. The number of halogens is 3. The number of nitrogens with one attached hydrogen (secondary N) is 2. The van der Waals surface area contributed by atoms with Crippen LogP contribution in [0.15, 0.2) is 79.6 Å². The molecule has 0 atom stereocenters. The number of anilines is 3. The third-order valence-electron chi connectivity index (χ3n) is 5.71. The van der Waals surface area contributed by atoms with Gasteiger partial charge in [-0.25, -0.2) is 15.0 Å². The van der Waals surface area contributed by atoms with Crippen molar-refractivity contribution in [3.8, 4) is 0 Å². The number of benzene rings is 2. The largest absolute Gasteiger partial charge is 0.416 e. The summed E-state index contributed by atoms with van der Waals surface area (Å²) in [6, 6.07) is 13.2. The van der Waals surface area contributed by atoms with E-state index in [1.54, 1.807) is 41.6 Å². The topological polar surface area (TPSA) is 97.6 Å². The molecular weight excluding hydrogens is 495 g/mol. The first-order valence-electron chi connectivity index (χ1n) is 11.4. The molecule has 0 saturated carbocycles. The minimum absolute atomic E-state index is 0.0850. The van der Waals surface area contributed by atoms with Crippen LogP contribution >= 0.6 is 0 Å². The highest BCUT2D eigenvalue weighted by Crippen LogP contribution is 2.30. The zero-order chi connectivity index (χ0) is 26.7. The smallest absolute Gasteiger partial charge is 0.338 e. The van der Waals surface area contributed by atoms with E-state index in [0.717, 1.165) is 28.9 Å². The molecule has 0 aliphatic heterocycles. The first kappa shape index (κ1) is 24.6. The molecule has 2 N–H and O–H groups in total. The Morgan fingerprint density at radius 1 is 0.974 bits per heavy atom. The molecule has 0 radical (unpaired) electrons. The van der Waals surface area contributed by atoms with Crippen LogP contribution < -0.4 is 10.6 Å². The van der Waals surface area contributed by atoms with Crippen molar-refractivity contribution >= 4 is 46.5 Å².